The number of hydrogen-bond acceptors (Lipinski definition) is 4. The molecule has 0 bridgehead atoms. The van der Waals surface area contributed by atoms with Crippen molar-refractivity contribution in [1.82, 2.24) is 8.61 Å². The summed E-state index contributed by atoms with van der Waals surface area (Å²) < 4.78 is 81.1. The number of nitrogens with zero attached hydrogens (tertiary/aromatic N) is 2. The van der Waals surface area contributed by atoms with Crippen molar-refractivity contribution in [3.63, 3.8) is 0 Å². The fraction of sp³-hybridized carbons (Fsp3) is 0.368. The summed E-state index contributed by atoms with van der Waals surface area (Å²) in [6.45, 7) is 4.45. The van der Waals surface area contributed by atoms with Gasteiger partial charge in [-0.2, -0.15) is 8.61 Å². The maximum Gasteiger partial charge on any atom is 0.243 e. The minimum atomic E-state index is -3.90. The summed E-state index contributed by atoms with van der Waals surface area (Å²) in [5.74, 6) is -0.995. The summed E-state index contributed by atoms with van der Waals surface area (Å²) in [4.78, 5) is -0.0669. The van der Waals surface area contributed by atoms with Gasteiger partial charge in [-0.3, -0.25) is 0 Å². The molecule has 0 saturated carbocycles. The lowest BCUT2D eigenvalue weighted by Crippen LogP contribution is -2.55. The van der Waals surface area contributed by atoms with Crippen molar-refractivity contribution >= 4 is 20.0 Å². The Labute approximate surface area is 169 Å². The van der Waals surface area contributed by atoms with Crippen molar-refractivity contribution in [2.75, 3.05) is 19.6 Å². The largest absolute Gasteiger partial charge is 0.243 e. The van der Waals surface area contributed by atoms with Crippen LogP contribution < -0.4 is 0 Å². The molecule has 6 nitrogen and oxygen atoms in total. The van der Waals surface area contributed by atoms with Crippen LogP contribution in [0.3, 0.4) is 0 Å². The highest BCUT2D eigenvalue weighted by Gasteiger charge is 2.38. The number of hydrogen-bond donors (Lipinski definition) is 0. The van der Waals surface area contributed by atoms with E-state index in [1.54, 1.807) is 6.92 Å². The molecule has 0 aromatic heterocycles. The SMILES string of the molecule is Cc1cc(S(=O)(=O)N2CCN(S(=O)(=O)c3ccc(F)c(C)c3)C(C)C2)ccc1F. The van der Waals surface area contributed by atoms with Crippen LogP contribution in [0.25, 0.3) is 0 Å². The second-order valence-electron chi connectivity index (χ2n) is 7.15. The van der Waals surface area contributed by atoms with E-state index in [-0.39, 0.29) is 40.6 Å². The highest BCUT2D eigenvalue weighted by atomic mass is 32.2. The van der Waals surface area contributed by atoms with Crippen LogP contribution in [0.1, 0.15) is 18.1 Å². The Morgan fingerprint density at radius 1 is 0.828 bits per heavy atom. The van der Waals surface area contributed by atoms with Crippen LogP contribution in [0, 0.1) is 25.5 Å². The molecule has 1 heterocycles. The molecule has 0 amide bonds. The number of benzene rings is 2. The summed E-state index contributed by atoms with van der Waals surface area (Å²) >= 11 is 0. The van der Waals surface area contributed by atoms with Crippen LogP contribution in [0.4, 0.5) is 8.78 Å². The fourth-order valence-electron chi connectivity index (χ4n) is 3.32. The second-order valence-corrected chi connectivity index (χ2v) is 11.0. The van der Waals surface area contributed by atoms with E-state index in [4.69, 9.17) is 0 Å². The van der Waals surface area contributed by atoms with Crippen molar-refractivity contribution in [3.8, 4) is 0 Å². The predicted octanol–water partition coefficient (Wildman–Crippen LogP) is 2.67. The van der Waals surface area contributed by atoms with E-state index >= 15 is 0 Å². The standard InChI is InChI=1S/C19H22F2N2O4S2/c1-13-10-16(4-6-18(13)20)28(24,25)22-8-9-23(15(3)12-22)29(26,27)17-5-7-19(21)14(2)11-17/h4-7,10-11,15H,8-9,12H2,1-3H3. The molecule has 0 aliphatic carbocycles. The minimum Gasteiger partial charge on any atom is -0.207 e. The lowest BCUT2D eigenvalue weighted by atomic mass is 10.2. The lowest BCUT2D eigenvalue weighted by molar-refractivity contribution is 0.212. The molecule has 1 aliphatic heterocycles. The molecule has 1 atom stereocenters. The average molecular weight is 445 g/mol. The van der Waals surface area contributed by atoms with Crippen LogP contribution >= 0.6 is 0 Å². The van der Waals surface area contributed by atoms with E-state index in [2.05, 4.69) is 0 Å². The van der Waals surface area contributed by atoms with Gasteiger partial charge < -0.3 is 0 Å². The Bertz CT molecular complexity index is 1150. The zero-order valence-corrected chi connectivity index (χ0v) is 17.9. The topological polar surface area (TPSA) is 74.8 Å². The van der Waals surface area contributed by atoms with Crippen molar-refractivity contribution in [3.05, 3.63) is 59.2 Å². The van der Waals surface area contributed by atoms with Gasteiger partial charge in [-0.15, -0.1) is 0 Å². The van der Waals surface area contributed by atoms with E-state index in [0.717, 1.165) is 12.1 Å². The molecule has 1 aliphatic rings. The van der Waals surface area contributed by atoms with Gasteiger partial charge >= 0.3 is 0 Å². The van der Waals surface area contributed by atoms with Gasteiger partial charge in [-0.25, -0.2) is 25.6 Å². The second kappa shape index (κ2) is 7.75. The number of aryl methyl sites for hydroxylation is 2. The smallest absolute Gasteiger partial charge is 0.207 e. The summed E-state index contributed by atoms with van der Waals surface area (Å²) in [6, 6.07) is 6.51. The molecule has 1 saturated heterocycles. The molecule has 158 valence electrons. The zero-order chi connectivity index (χ0) is 21.6. The van der Waals surface area contributed by atoms with Gasteiger partial charge in [0.1, 0.15) is 11.6 Å². The van der Waals surface area contributed by atoms with Crippen molar-refractivity contribution in [1.29, 1.82) is 0 Å². The molecule has 0 radical (unpaired) electrons. The van der Waals surface area contributed by atoms with E-state index < -0.39 is 37.7 Å². The maximum atomic E-state index is 13.5. The van der Waals surface area contributed by atoms with Crippen molar-refractivity contribution < 1.29 is 25.6 Å². The zero-order valence-electron chi connectivity index (χ0n) is 16.3. The first-order chi connectivity index (χ1) is 13.4. The van der Waals surface area contributed by atoms with Crippen LogP contribution in [-0.4, -0.2) is 51.1 Å². The molecule has 3 rings (SSSR count). The fourth-order valence-corrected chi connectivity index (χ4v) is 6.62. The summed E-state index contributed by atoms with van der Waals surface area (Å²) in [5, 5.41) is 0. The Kier molecular flexibility index (Phi) is 5.83. The number of halogens is 2. The van der Waals surface area contributed by atoms with Gasteiger partial charge in [0.05, 0.1) is 9.79 Å². The van der Waals surface area contributed by atoms with Gasteiger partial charge in [-0.05, 0) is 68.3 Å². The minimum absolute atomic E-state index is 0.0333. The highest BCUT2D eigenvalue weighted by Crippen LogP contribution is 2.26. The number of piperazine rings is 1. The molecular weight excluding hydrogens is 422 g/mol. The summed E-state index contributed by atoms with van der Waals surface area (Å²) in [5.41, 5.74) is 0.429. The van der Waals surface area contributed by atoms with Crippen LogP contribution in [0.15, 0.2) is 46.2 Å². The van der Waals surface area contributed by atoms with E-state index in [1.807, 2.05) is 0 Å². The average Bonchev–Trinajstić information content (AvgIpc) is 2.65. The first-order valence-electron chi connectivity index (χ1n) is 8.99. The quantitative estimate of drug-likeness (QED) is 0.727. The molecule has 1 fully saturated rings. The maximum absolute atomic E-state index is 13.5. The van der Waals surface area contributed by atoms with Gasteiger partial charge in [0.15, 0.2) is 0 Å². The molecule has 29 heavy (non-hydrogen) atoms. The lowest BCUT2D eigenvalue weighted by Gasteiger charge is -2.38. The summed E-state index contributed by atoms with van der Waals surface area (Å²) in [6.07, 6.45) is 0. The van der Waals surface area contributed by atoms with Gasteiger partial charge in [0.25, 0.3) is 0 Å². The van der Waals surface area contributed by atoms with E-state index in [0.29, 0.717) is 0 Å². The first kappa shape index (κ1) is 21.8. The molecule has 1 unspecified atom stereocenters. The molecule has 2 aromatic rings. The highest BCUT2D eigenvalue weighted by molar-refractivity contribution is 7.89. The van der Waals surface area contributed by atoms with Gasteiger partial charge in [0.2, 0.25) is 20.0 Å². The Hall–Kier alpha value is -1.88. The first-order valence-corrected chi connectivity index (χ1v) is 11.9. The third kappa shape index (κ3) is 4.07. The normalized spacial score (nSPS) is 19.4. The molecular formula is C19H22F2N2O4S2. The Morgan fingerprint density at radius 2 is 1.31 bits per heavy atom. The third-order valence-corrected chi connectivity index (χ3v) is 8.90. The van der Waals surface area contributed by atoms with Crippen molar-refractivity contribution in [2.45, 2.75) is 36.6 Å². The van der Waals surface area contributed by atoms with Crippen LogP contribution in [-0.2, 0) is 20.0 Å². The van der Waals surface area contributed by atoms with Gasteiger partial charge in [0, 0.05) is 25.7 Å². The number of sulfonamides is 2. The molecule has 0 N–H and O–H groups in total. The summed E-state index contributed by atoms with van der Waals surface area (Å²) in [7, 11) is -7.79. The molecule has 0 spiro atoms. The third-order valence-electron chi connectivity index (χ3n) is 5.03. The predicted molar refractivity (Wildman–Crippen MR) is 104 cm³/mol. The van der Waals surface area contributed by atoms with Crippen LogP contribution in [0.2, 0.25) is 0 Å². The molecule has 10 heteroatoms. The Balaban J connectivity index is 1.84. The van der Waals surface area contributed by atoms with E-state index in [1.165, 1.54) is 46.7 Å². The van der Waals surface area contributed by atoms with Crippen molar-refractivity contribution in [2.24, 2.45) is 0 Å². The van der Waals surface area contributed by atoms with Gasteiger partial charge in [-0.1, -0.05) is 0 Å². The van der Waals surface area contributed by atoms with Crippen LogP contribution in [0.5, 0.6) is 0 Å². The monoisotopic (exact) mass is 444 g/mol. The Morgan fingerprint density at radius 3 is 1.76 bits per heavy atom. The van der Waals surface area contributed by atoms with E-state index in [9.17, 15) is 25.6 Å². The number of rotatable bonds is 4. The molecule has 2 aromatic carbocycles.